The molecule has 0 aliphatic heterocycles. The lowest BCUT2D eigenvalue weighted by Gasteiger charge is -2.19. The van der Waals surface area contributed by atoms with Gasteiger partial charge in [0.1, 0.15) is 0 Å². The second-order valence-corrected chi connectivity index (χ2v) is 6.10. The maximum absolute atomic E-state index is 12.1. The number of aliphatic hydroxyl groups is 1. The summed E-state index contributed by atoms with van der Waals surface area (Å²) in [5, 5.41) is 17.7. The number of aromatic carboxylic acids is 1. The van der Waals surface area contributed by atoms with Gasteiger partial charge in [-0.3, -0.25) is 0 Å². The summed E-state index contributed by atoms with van der Waals surface area (Å²) in [5.74, 6) is -1.31. The van der Waals surface area contributed by atoms with Crippen molar-refractivity contribution in [1.29, 1.82) is 0 Å². The minimum Gasteiger partial charge on any atom is -0.478 e. The van der Waals surface area contributed by atoms with Gasteiger partial charge in [0.2, 0.25) is 10.0 Å². The summed E-state index contributed by atoms with van der Waals surface area (Å²) in [5.41, 5.74) is 0.589. The summed E-state index contributed by atoms with van der Waals surface area (Å²) in [6.07, 6.45) is 1.45. The van der Waals surface area contributed by atoms with Gasteiger partial charge in [0, 0.05) is 13.1 Å². The number of carboxylic acids is 1. The van der Waals surface area contributed by atoms with Crippen LogP contribution in [0.1, 0.15) is 15.9 Å². The monoisotopic (exact) mass is 299 g/mol. The molecule has 20 heavy (non-hydrogen) atoms. The van der Waals surface area contributed by atoms with Crippen molar-refractivity contribution in [1.82, 2.24) is 4.31 Å². The summed E-state index contributed by atoms with van der Waals surface area (Å²) >= 11 is 0. The number of hydrogen-bond donors (Lipinski definition) is 2. The third-order valence-electron chi connectivity index (χ3n) is 2.63. The highest BCUT2D eigenvalue weighted by Crippen LogP contribution is 2.12. The molecule has 1 aromatic rings. The summed E-state index contributed by atoms with van der Waals surface area (Å²) in [6, 6.07) is 5.65. The first-order valence-corrected chi connectivity index (χ1v) is 7.53. The number of carboxylic acid groups (broad SMARTS) is 1. The van der Waals surface area contributed by atoms with Crippen LogP contribution in [0.3, 0.4) is 0 Å². The molecule has 0 spiro atoms. The number of sulfonamides is 1. The molecule has 0 aliphatic carbocycles. The smallest absolute Gasteiger partial charge is 0.335 e. The van der Waals surface area contributed by atoms with E-state index in [1.165, 1.54) is 30.3 Å². The van der Waals surface area contributed by atoms with Crippen LogP contribution < -0.4 is 0 Å². The van der Waals surface area contributed by atoms with E-state index in [0.717, 1.165) is 4.31 Å². The van der Waals surface area contributed by atoms with Crippen molar-refractivity contribution in [2.75, 3.05) is 19.7 Å². The second kappa shape index (κ2) is 7.18. The van der Waals surface area contributed by atoms with E-state index in [4.69, 9.17) is 10.2 Å². The fourth-order valence-electron chi connectivity index (χ4n) is 1.64. The zero-order chi connectivity index (χ0) is 15.2. The van der Waals surface area contributed by atoms with Gasteiger partial charge in [0.15, 0.2) is 0 Å². The number of nitrogens with zero attached hydrogens (tertiary/aromatic N) is 1. The third kappa shape index (κ3) is 4.44. The fourth-order valence-corrected chi connectivity index (χ4v) is 3.13. The molecule has 7 heteroatoms. The van der Waals surface area contributed by atoms with Crippen molar-refractivity contribution in [2.45, 2.75) is 5.75 Å². The number of hydrogen-bond acceptors (Lipinski definition) is 4. The molecular formula is C13H17NO5S. The van der Waals surface area contributed by atoms with Crippen molar-refractivity contribution in [3.05, 3.63) is 48.0 Å². The molecule has 0 heterocycles. The van der Waals surface area contributed by atoms with Gasteiger partial charge in [0.25, 0.3) is 0 Å². The van der Waals surface area contributed by atoms with E-state index in [-0.39, 0.29) is 31.0 Å². The van der Waals surface area contributed by atoms with Crippen molar-refractivity contribution in [3.8, 4) is 0 Å². The third-order valence-corrected chi connectivity index (χ3v) is 4.44. The van der Waals surface area contributed by atoms with E-state index < -0.39 is 16.0 Å². The van der Waals surface area contributed by atoms with Crippen LogP contribution in [-0.2, 0) is 15.8 Å². The minimum atomic E-state index is -3.58. The molecule has 1 aromatic carbocycles. The lowest BCUT2D eigenvalue weighted by molar-refractivity contribution is 0.0697. The quantitative estimate of drug-likeness (QED) is 0.689. The normalized spacial score (nSPS) is 11.5. The Morgan fingerprint density at radius 1 is 1.30 bits per heavy atom. The number of aliphatic hydroxyl groups excluding tert-OH is 1. The van der Waals surface area contributed by atoms with Crippen LogP contribution in [0.15, 0.2) is 36.9 Å². The van der Waals surface area contributed by atoms with Crippen LogP contribution in [-0.4, -0.2) is 48.6 Å². The van der Waals surface area contributed by atoms with Gasteiger partial charge < -0.3 is 10.2 Å². The average molecular weight is 299 g/mol. The van der Waals surface area contributed by atoms with E-state index in [1.54, 1.807) is 0 Å². The van der Waals surface area contributed by atoms with Gasteiger partial charge in [-0.15, -0.1) is 6.58 Å². The molecule has 0 radical (unpaired) electrons. The predicted octanol–water partition coefficient (Wildman–Crippen LogP) is 0.695. The highest BCUT2D eigenvalue weighted by atomic mass is 32.2. The summed E-state index contributed by atoms with van der Waals surface area (Å²) in [6.45, 7) is 3.33. The Hall–Kier alpha value is -1.70. The molecule has 0 unspecified atom stereocenters. The van der Waals surface area contributed by atoms with Gasteiger partial charge >= 0.3 is 5.97 Å². The second-order valence-electron chi connectivity index (χ2n) is 4.13. The first-order valence-electron chi connectivity index (χ1n) is 5.92. The average Bonchev–Trinajstić information content (AvgIpc) is 2.38. The molecule has 0 aliphatic rings. The Balaban J connectivity index is 2.88. The SMILES string of the molecule is C=CCN(CCO)S(=O)(=O)Cc1ccc(C(=O)O)cc1. The molecule has 1 rings (SSSR count). The topological polar surface area (TPSA) is 94.9 Å². The van der Waals surface area contributed by atoms with E-state index in [0.29, 0.717) is 5.56 Å². The van der Waals surface area contributed by atoms with Crippen molar-refractivity contribution < 1.29 is 23.4 Å². The van der Waals surface area contributed by atoms with E-state index in [9.17, 15) is 13.2 Å². The van der Waals surface area contributed by atoms with E-state index >= 15 is 0 Å². The van der Waals surface area contributed by atoms with Crippen LogP contribution in [0.5, 0.6) is 0 Å². The van der Waals surface area contributed by atoms with Crippen molar-refractivity contribution >= 4 is 16.0 Å². The van der Waals surface area contributed by atoms with Crippen LogP contribution in [0.4, 0.5) is 0 Å². The molecule has 0 saturated heterocycles. The molecular weight excluding hydrogens is 282 g/mol. The Kier molecular flexibility index (Phi) is 5.87. The number of rotatable bonds is 8. The lowest BCUT2D eigenvalue weighted by Crippen LogP contribution is -2.34. The molecule has 0 saturated carbocycles. The molecule has 0 amide bonds. The summed E-state index contributed by atoms with van der Waals surface area (Å²) in [4.78, 5) is 10.7. The summed E-state index contributed by atoms with van der Waals surface area (Å²) in [7, 11) is -3.58. The highest BCUT2D eigenvalue weighted by molar-refractivity contribution is 7.88. The molecule has 0 fully saturated rings. The maximum Gasteiger partial charge on any atom is 0.335 e. The molecule has 0 atom stereocenters. The predicted molar refractivity (Wildman–Crippen MR) is 74.9 cm³/mol. The molecule has 110 valence electrons. The van der Waals surface area contributed by atoms with E-state index in [1.807, 2.05) is 0 Å². The summed E-state index contributed by atoms with van der Waals surface area (Å²) < 4.78 is 25.4. The molecule has 0 aromatic heterocycles. The van der Waals surface area contributed by atoms with Crippen molar-refractivity contribution in [3.63, 3.8) is 0 Å². The lowest BCUT2D eigenvalue weighted by atomic mass is 10.1. The molecule has 2 N–H and O–H groups in total. The Morgan fingerprint density at radius 2 is 1.90 bits per heavy atom. The Bertz CT molecular complexity index is 565. The first-order chi connectivity index (χ1) is 9.40. The maximum atomic E-state index is 12.1. The Morgan fingerprint density at radius 3 is 2.35 bits per heavy atom. The largest absolute Gasteiger partial charge is 0.478 e. The van der Waals surface area contributed by atoms with Crippen LogP contribution in [0.25, 0.3) is 0 Å². The molecule has 0 bridgehead atoms. The van der Waals surface area contributed by atoms with Gasteiger partial charge in [-0.2, -0.15) is 4.31 Å². The zero-order valence-electron chi connectivity index (χ0n) is 10.9. The van der Waals surface area contributed by atoms with E-state index in [2.05, 4.69) is 6.58 Å². The highest BCUT2D eigenvalue weighted by Gasteiger charge is 2.21. The minimum absolute atomic E-state index is 0.00155. The first kappa shape index (κ1) is 16.4. The van der Waals surface area contributed by atoms with Crippen molar-refractivity contribution in [2.24, 2.45) is 0 Å². The van der Waals surface area contributed by atoms with Gasteiger partial charge in [-0.05, 0) is 17.7 Å². The standard InChI is InChI=1S/C13H17NO5S/c1-2-7-14(8-9-15)20(18,19)10-11-3-5-12(6-4-11)13(16)17/h2-6,15H,1,7-10H2,(H,16,17). The van der Waals surface area contributed by atoms with Crippen LogP contribution in [0.2, 0.25) is 0 Å². The molecule has 6 nitrogen and oxygen atoms in total. The van der Waals surface area contributed by atoms with Gasteiger partial charge in [-0.1, -0.05) is 18.2 Å². The van der Waals surface area contributed by atoms with Gasteiger partial charge in [-0.25, -0.2) is 13.2 Å². The number of carbonyl (C=O) groups is 1. The Labute approximate surface area is 118 Å². The van der Waals surface area contributed by atoms with Crippen LogP contribution >= 0.6 is 0 Å². The van der Waals surface area contributed by atoms with Gasteiger partial charge in [0.05, 0.1) is 17.9 Å². The number of benzene rings is 1. The van der Waals surface area contributed by atoms with Crippen LogP contribution in [0, 0.1) is 0 Å². The zero-order valence-corrected chi connectivity index (χ0v) is 11.7. The fraction of sp³-hybridized carbons (Fsp3) is 0.308.